The van der Waals surface area contributed by atoms with Gasteiger partial charge < -0.3 is 10.4 Å². The van der Waals surface area contributed by atoms with Crippen LogP contribution in [0.25, 0.3) is 0 Å². The monoisotopic (exact) mass is 309 g/mol. The molecule has 0 bridgehead atoms. The molecule has 0 aromatic heterocycles. The van der Waals surface area contributed by atoms with E-state index >= 15 is 0 Å². The van der Waals surface area contributed by atoms with Gasteiger partial charge in [-0.3, -0.25) is 9.59 Å². The van der Waals surface area contributed by atoms with E-state index in [4.69, 9.17) is 11.6 Å². The van der Waals surface area contributed by atoms with Gasteiger partial charge in [0.15, 0.2) is 0 Å². The SMILES string of the molecule is O=C(CC1(C(=O)O)CCCCCC1)Nc1ccc(Cl)cc1. The van der Waals surface area contributed by atoms with Gasteiger partial charge in [0.25, 0.3) is 0 Å². The predicted octanol–water partition coefficient (Wildman–Crippen LogP) is 4.09. The molecule has 1 fully saturated rings. The number of carbonyl (C=O) groups excluding carboxylic acids is 1. The van der Waals surface area contributed by atoms with Gasteiger partial charge in [0.1, 0.15) is 0 Å². The Bertz CT molecular complexity index is 505. The number of carboxylic acids is 1. The number of carbonyl (C=O) groups is 2. The molecule has 1 aliphatic carbocycles. The Morgan fingerprint density at radius 1 is 1.10 bits per heavy atom. The first kappa shape index (κ1) is 15.8. The third-order valence-corrected chi connectivity index (χ3v) is 4.39. The number of amides is 1. The normalized spacial score (nSPS) is 17.8. The summed E-state index contributed by atoms with van der Waals surface area (Å²) in [5, 5.41) is 12.9. The van der Waals surface area contributed by atoms with E-state index in [0.29, 0.717) is 23.6 Å². The van der Waals surface area contributed by atoms with Crippen molar-refractivity contribution in [1.29, 1.82) is 0 Å². The molecular formula is C16H20ClNO3. The summed E-state index contributed by atoms with van der Waals surface area (Å²) in [6, 6.07) is 6.80. The standard InChI is InChI=1S/C16H20ClNO3/c17-12-5-7-13(8-6-12)18-14(19)11-16(15(20)21)9-3-1-2-4-10-16/h5-8H,1-4,9-11H2,(H,18,19)(H,20,21). The highest BCUT2D eigenvalue weighted by Gasteiger charge is 2.40. The summed E-state index contributed by atoms with van der Waals surface area (Å²) in [5.74, 6) is -1.10. The van der Waals surface area contributed by atoms with Gasteiger partial charge >= 0.3 is 5.97 Å². The summed E-state index contributed by atoms with van der Waals surface area (Å²) in [6.45, 7) is 0. The van der Waals surface area contributed by atoms with Crippen LogP contribution < -0.4 is 5.32 Å². The fourth-order valence-corrected chi connectivity index (χ4v) is 3.04. The molecule has 2 rings (SSSR count). The van der Waals surface area contributed by atoms with Crippen LogP contribution in [0, 0.1) is 5.41 Å². The van der Waals surface area contributed by atoms with Crippen molar-refractivity contribution in [3.8, 4) is 0 Å². The summed E-state index contributed by atoms with van der Waals surface area (Å²) in [4.78, 5) is 23.8. The zero-order chi connectivity index (χ0) is 15.3. The Balaban J connectivity index is 2.04. The summed E-state index contributed by atoms with van der Waals surface area (Å²) < 4.78 is 0. The van der Waals surface area contributed by atoms with E-state index in [1.54, 1.807) is 24.3 Å². The number of halogens is 1. The second-order valence-corrected chi connectivity index (χ2v) is 6.17. The molecule has 0 atom stereocenters. The maximum atomic E-state index is 12.2. The fourth-order valence-electron chi connectivity index (χ4n) is 2.92. The van der Waals surface area contributed by atoms with E-state index in [1.165, 1.54) is 0 Å². The van der Waals surface area contributed by atoms with Crippen LogP contribution >= 0.6 is 11.6 Å². The van der Waals surface area contributed by atoms with Gasteiger partial charge in [-0.15, -0.1) is 0 Å². The molecular weight excluding hydrogens is 290 g/mol. The Morgan fingerprint density at radius 3 is 2.19 bits per heavy atom. The summed E-state index contributed by atoms with van der Waals surface area (Å²) in [6.07, 6.45) is 5.04. The van der Waals surface area contributed by atoms with Crippen molar-refractivity contribution in [2.45, 2.75) is 44.9 Å². The van der Waals surface area contributed by atoms with Crippen molar-refractivity contribution in [2.75, 3.05) is 5.32 Å². The highest BCUT2D eigenvalue weighted by atomic mass is 35.5. The van der Waals surface area contributed by atoms with Crippen LogP contribution in [0.15, 0.2) is 24.3 Å². The number of nitrogens with one attached hydrogen (secondary N) is 1. The molecule has 1 saturated carbocycles. The minimum atomic E-state index is -0.910. The molecule has 1 aromatic rings. The molecule has 5 heteroatoms. The molecule has 21 heavy (non-hydrogen) atoms. The summed E-state index contributed by atoms with van der Waals surface area (Å²) >= 11 is 5.80. The Kier molecular flexibility index (Phi) is 5.23. The summed E-state index contributed by atoms with van der Waals surface area (Å²) in [5.41, 5.74) is -0.272. The highest BCUT2D eigenvalue weighted by molar-refractivity contribution is 6.30. The van der Waals surface area contributed by atoms with Crippen LogP contribution in [0.3, 0.4) is 0 Å². The molecule has 2 N–H and O–H groups in total. The molecule has 114 valence electrons. The second kappa shape index (κ2) is 6.94. The van der Waals surface area contributed by atoms with E-state index in [1.807, 2.05) is 0 Å². The molecule has 4 nitrogen and oxygen atoms in total. The van der Waals surface area contributed by atoms with Crippen molar-refractivity contribution in [1.82, 2.24) is 0 Å². The second-order valence-electron chi connectivity index (χ2n) is 5.73. The lowest BCUT2D eigenvalue weighted by Gasteiger charge is -2.27. The summed E-state index contributed by atoms with van der Waals surface area (Å²) in [7, 11) is 0. The van der Waals surface area contributed by atoms with Crippen molar-refractivity contribution in [3.63, 3.8) is 0 Å². The van der Waals surface area contributed by atoms with Gasteiger partial charge in [-0.25, -0.2) is 0 Å². The van der Waals surface area contributed by atoms with Gasteiger partial charge in [-0.05, 0) is 37.1 Å². The largest absolute Gasteiger partial charge is 0.481 e. The maximum absolute atomic E-state index is 12.2. The molecule has 0 spiro atoms. The fraction of sp³-hybridized carbons (Fsp3) is 0.500. The minimum absolute atomic E-state index is 0.0327. The number of anilines is 1. The minimum Gasteiger partial charge on any atom is -0.481 e. The first-order valence-corrected chi connectivity index (χ1v) is 7.68. The molecule has 0 radical (unpaired) electrons. The van der Waals surface area contributed by atoms with Crippen LogP contribution in [0.2, 0.25) is 5.02 Å². The van der Waals surface area contributed by atoms with Gasteiger partial charge in [-0.1, -0.05) is 37.3 Å². The van der Waals surface area contributed by atoms with Crippen molar-refractivity contribution < 1.29 is 14.7 Å². The third kappa shape index (κ3) is 4.21. The van der Waals surface area contributed by atoms with Crippen LogP contribution in [0.5, 0.6) is 0 Å². The van der Waals surface area contributed by atoms with Gasteiger partial charge in [0, 0.05) is 17.1 Å². The Labute approximate surface area is 129 Å². The lowest BCUT2D eigenvalue weighted by molar-refractivity contribution is -0.152. The van der Waals surface area contributed by atoms with Crippen LogP contribution in [0.1, 0.15) is 44.9 Å². The first-order valence-electron chi connectivity index (χ1n) is 7.31. The number of benzene rings is 1. The molecule has 0 aliphatic heterocycles. The Hall–Kier alpha value is -1.55. The molecule has 1 amide bonds. The van der Waals surface area contributed by atoms with Crippen molar-refractivity contribution in [2.24, 2.45) is 5.41 Å². The van der Waals surface area contributed by atoms with E-state index in [0.717, 1.165) is 25.7 Å². The first-order chi connectivity index (χ1) is 10.0. The van der Waals surface area contributed by atoms with Gasteiger partial charge in [0.05, 0.1) is 5.41 Å². The molecule has 1 aliphatic rings. The van der Waals surface area contributed by atoms with E-state index in [2.05, 4.69) is 5.32 Å². The van der Waals surface area contributed by atoms with Crippen LogP contribution in [-0.4, -0.2) is 17.0 Å². The average molecular weight is 310 g/mol. The highest BCUT2D eigenvalue weighted by Crippen LogP contribution is 2.38. The number of aliphatic carboxylic acids is 1. The number of carboxylic acid groups (broad SMARTS) is 1. The predicted molar refractivity (Wildman–Crippen MR) is 82.5 cm³/mol. The lowest BCUT2D eigenvalue weighted by atomic mass is 9.77. The van der Waals surface area contributed by atoms with Gasteiger partial charge in [0.2, 0.25) is 5.91 Å². The number of hydrogen-bond donors (Lipinski definition) is 2. The zero-order valence-corrected chi connectivity index (χ0v) is 12.7. The Morgan fingerprint density at radius 2 is 1.67 bits per heavy atom. The van der Waals surface area contributed by atoms with E-state index < -0.39 is 11.4 Å². The molecule has 0 heterocycles. The van der Waals surface area contributed by atoms with Crippen LogP contribution in [0.4, 0.5) is 5.69 Å². The third-order valence-electron chi connectivity index (χ3n) is 4.14. The van der Waals surface area contributed by atoms with Crippen molar-refractivity contribution >= 4 is 29.2 Å². The van der Waals surface area contributed by atoms with E-state index in [9.17, 15) is 14.7 Å². The lowest BCUT2D eigenvalue weighted by Crippen LogP contribution is -2.35. The van der Waals surface area contributed by atoms with E-state index in [-0.39, 0.29) is 12.3 Å². The molecule has 0 saturated heterocycles. The van der Waals surface area contributed by atoms with Crippen molar-refractivity contribution in [3.05, 3.63) is 29.3 Å². The smallest absolute Gasteiger partial charge is 0.310 e. The molecule has 1 aromatic carbocycles. The number of rotatable bonds is 4. The maximum Gasteiger partial charge on any atom is 0.310 e. The molecule has 0 unspecified atom stereocenters. The topological polar surface area (TPSA) is 66.4 Å². The van der Waals surface area contributed by atoms with Crippen LogP contribution in [-0.2, 0) is 9.59 Å². The average Bonchev–Trinajstić information content (AvgIpc) is 2.68. The quantitative estimate of drug-likeness (QED) is 0.823. The number of hydrogen-bond acceptors (Lipinski definition) is 2. The zero-order valence-electron chi connectivity index (χ0n) is 11.9. The van der Waals surface area contributed by atoms with Gasteiger partial charge in [-0.2, -0.15) is 0 Å².